The molecule has 28 heavy (non-hydrogen) atoms. The van der Waals surface area contributed by atoms with Crippen LogP contribution in [0.4, 0.5) is 0 Å². The summed E-state index contributed by atoms with van der Waals surface area (Å²) < 4.78 is 45.0. The number of esters is 1. The summed E-state index contributed by atoms with van der Waals surface area (Å²) in [5.41, 5.74) is 0. The topological polar surface area (TPSA) is 96.0 Å². The summed E-state index contributed by atoms with van der Waals surface area (Å²) in [6, 6.07) is 0. The van der Waals surface area contributed by atoms with E-state index < -0.39 is 22.0 Å². The van der Waals surface area contributed by atoms with E-state index in [2.05, 4.69) is 12.2 Å². The fraction of sp³-hybridized carbons (Fsp3) is 0.850. The molecule has 8 unspecified atom stereocenters. The van der Waals surface area contributed by atoms with Gasteiger partial charge in [0.25, 0.3) is 0 Å². The third kappa shape index (κ3) is 3.42. The molecule has 0 radical (unpaired) electrons. The average molecular weight is 411 g/mol. The number of nitrogens with zero attached hydrogens (tertiary/aromatic N) is 1. The first-order chi connectivity index (χ1) is 13.4. The van der Waals surface area contributed by atoms with Crippen molar-refractivity contribution >= 4 is 16.1 Å². The van der Waals surface area contributed by atoms with Crippen LogP contribution in [0.3, 0.4) is 0 Å². The lowest BCUT2D eigenvalue weighted by atomic mass is 9.69. The molecule has 4 aliphatic carbocycles. The molecule has 1 saturated heterocycles. The number of hydrogen-bond donors (Lipinski definition) is 0. The van der Waals surface area contributed by atoms with Crippen molar-refractivity contribution in [3.05, 3.63) is 12.2 Å². The highest BCUT2D eigenvalue weighted by atomic mass is 32.2. The average Bonchev–Trinajstić information content (AvgIpc) is 3.40. The van der Waals surface area contributed by atoms with Gasteiger partial charge in [-0.05, 0) is 54.8 Å². The highest BCUT2D eigenvalue weighted by Gasteiger charge is 2.62. The summed E-state index contributed by atoms with van der Waals surface area (Å²) in [7, 11) is -4.47. The van der Waals surface area contributed by atoms with Crippen LogP contribution in [0.5, 0.6) is 0 Å². The van der Waals surface area contributed by atoms with E-state index in [1.165, 1.54) is 6.42 Å². The van der Waals surface area contributed by atoms with Gasteiger partial charge < -0.3 is 14.0 Å². The number of carbonyl (C=O) groups is 1. The van der Waals surface area contributed by atoms with Crippen molar-refractivity contribution in [1.29, 1.82) is 0 Å². The van der Waals surface area contributed by atoms with Crippen LogP contribution in [0.1, 0.15) is 19.3 Å². The van der Waals surface area contributed by atoms with Crippen molar-refractivity contribution in [2.75, 3.05) is 38.6 Å². The third-order valence-electron chi connectivity index (χ3n) is 7.81. The van der Waals surface area contributed by atoms with E-state index in [1.807, 2.05) is 4.90 Å². The predicted molar refractivity (Wildman–Crippen MR) is 99.1 cm³/mol. The lowest BCUT2D eigenvalue weighted by Gasteiger charge is -2.36. The Hall–Kier alpha value is -0.960. The van der Waals surface area contributed by atoms with Crippen LogP contribution < -0.4 is 0 Å². The number of rotatable bonds is 6. The Labute approximate surface area is 166 Å². The molecule has 156 valence electrons. The molecule has 4 bridgehead atoms. The number of ether oxygens (including phenoxy) is 2. The van der Waals surface area contributed by atoms with Crippen molar-refractivity contribution in [3.8, 4) is 0 Å². The van der Waals surface area contributed by atoms with Gasteiger partial charge in [-0.1, -0.05) is 12.2 Å². The van der Waals surface area contributed by atoms with E-state index in [4.69, 9.17) is 9.47 Å². The minimum Gasteiger partial charge on any atom is -0.748 e. The molecule has 7 nitrogen and oxygen atoms in total. The van der Waals surface area contributed by atoms with Crippen molar-refractivity contribution < 1.29 is 27.2 Å². The van der Waals surface area contributed by atoms with E-state index in [0.29, 0.717) is 55.9 Å². The monoisotopic (exact) mass is 410 g/mol. The fourth-order valence-electron chi connectivity index (χ4n) is 6.96. The largest absolute Gasteiger partial charge is 0.748 e. The van der Waals surface area contributed by atoms with E-state index in [9.17, 15) is 17.8 Å². The van der Waals surface area contributed by atoms with Crippen molar-refractivity contribution in [1.82, 2.24) is 4.90 Å². The molecule has 0 aromatic carbocycles. The van der Waals surface area contributed by atoms with Crippen molar-refractivity contribution in [2.24, 2.45) is 41.4 Å². The highest BCUT2D eigenvalue weighted by Crippen LogP contribution is 2.67. The number of hydrogen-bond acceptors (Lipinski definition) is 7. The molecule has 8 heteroatoms. The molecule has 5 rings (SSSR count). The number of fused-ring (bicyclic) bond motifs is 9. The van der Waals surface area contributed by atoms with Crippen LogP contribution in [0, 0.1) is 41.4 Å². The summed E-state index contributed by atoms with van der Waals surface area (Å²) >= 11 is 0. The molecular weight excluding hydrogens is 382 g/mol. The first kappa shape index (κ1) is 19.0. The SMILES string of the molecule is O=C(OC(CN1CCOCC1)CS(=O)(=O)[O-])C1CC2CC1C1C3C=CC(C3)C21. The lowest BCUT2D eigenvalue weighted by Crippen LogP contribution is -2.45. The van der Waals surface area contributed by atoms with Gasteiger partial charge >= 0.3 is 5.97 Å². The molecular formula is C20H28NO6S-. The highest BCUT2D eigenvalue weighted by molar-refractivity contribution is 7.85. The molecule has 5 aliphatic rings. The summed E-state index contributed by atoms with van der Waals surface area (Å²) in [6.45, 7) is 2.71. The number of morpholine rings is 1. The Morgan fingerprint density at radius 1 is 1.14 bits per heavy atom. The second-order valence-electron chi connectivity index (χ2n) is 9.30. The van der Waals surface area contributed by atoms with Gasteiger partial charge in [-0.15, -0.1) is 0 Å². The van der Waals surface area contributed by atoms with Crippen LogP contribution in [0.25, 0.3) is 0 Å². The third-order valence-corrected chi connectivity index (χ3v) is 8.59. The molecule has 0 aromatic heterocycles. The zero-order chi connectivity index (χ0) is 19.5. The first-order valence-electron chi connectivity index (χ1n) is 10.5. The van der Waals surface area contributed by atoms with Crippen molar-refractivity contribution in [2.45, 2.75) is 25.4 Å². The summed E-state index contributed by atoms with van der Waals surface area (Å²) in [5.74, 6) is 2.48. The van der Waals surface area contributed by atoms with Gasteiger partial charge in [0.2, 0.25) is 0 Å². The predicted octanol–water partition coefficient (Wildman–Crippen LogP) is 0.870. The lowest BCUT2D eigenvalue weighted by molar-refractivity contribution is -0.157. The number of allylic oxidation sites excluding steroid dienone is 2. The normalized spacial score (nSPS) is 42.7. The van der Waals surface area contributed by atoms with Crippen molar-refractivity contribution in [3.63, 3.8) is 0 Å². The molecule has 1 aliphatic heterocycles. The fourth-order valence-corrected chi connectivity index (χ4v) is 7.59. The molecule has 0 N–H and O–H groups in total. The Morgan fingerprint density at radius 3 is 2.57 bits per heavy atom. The second kappa shape index (κ2) is 7.07. The van der Waals surface area contributed by atoms with E-state index in [1.54, 1.807) is 0 Å². The number of carbonyl (C=O) groups excluding carboxylic acids is 1. The Morgan fingerprint density at radius 2 is 1.86 bits per heavy atom. The second-order valence-corrected chi connectivity index (χ2v) is 10.7. The molecule has 1 heterocycles. The zero-order valence-corrected chi connectivity index (χ0v) is 16.8. The van der Waals surface area contributed by atoms with Gasteiger partial charge in [0.05, 0.1) is 35.0 Å². The Balaban J connectivity index is 1.25. The summed E-state index contributed by atoms with van der Waals surface area (Å²) in [4.78, 5) is 15.0. The molecule has 0 amide bonds. The minimum absolute atomic E-state index is 0.138. The zero-order valence-electron chi connectivity index (χ0n) is 15.9. The molecule has 8 atom stereocenters. The maximum absolute atomic E-state index is 13.0. The summed E-state index contributed by atoms with van der Waals surface area (Å²) in [5, 5.41) is 0. The first-order valence-corrected chi connectivity index (χ1v) is 12.1. The minimum atomic E-state index is -4.47. The van der Waals surface area contributed by atoms with E-state index >= 15 is 0 Å². The molecule has 0 aromatic rings. The van der Waals surface area contributed by atoms with Crippen LogP contribution in [-0.4, -0.2) is 68.5 Å². The van der Waals surface area contributed by atoms with Gasteiger partial charge in [0, 0.05) is 19.6 Å². The Kier molecular flexibility index (Phi) is 4.81. The van der Waals surface area contributed by atoms with Crippen LogP contribution in [-0.2, 0) is 24.4 Å². The molecule has 4 fully saturated rings. The quantitative estimate of drug-likeness (QED) is 0.277. The van der Waals surface area contributed by atoms with E-state index in [0.717, 1.165) is 18.8 Å². The summed E-state index contributed by atoms with van der Waals surface area (Å²) in [6.07, 6.45) is 6.99. The van der Waals surface area contributed by atoms with Gasteiger partial charge in [-0.2, -0.15) is 0 Å². The van der Waals surface area contributed by atoms with Gasteiger partial charge in [0.1, 0.15) is 6.10 Å². The maximum Gasteiger partial charge on any atom is 0.309 e. The van der Waals surface area contributed by atoms with Gasteiger partial charge in [-0.3, -0.25) is 9.69 Å². The van der Waals surface area contributed by atoms with Gasteiger partial charge in [-0.25, -0.2) is 8.42 Å². The van der Waals surface area contributed by atoms with Crippen LogP contribution in [0.15, 0.2) is 12.2 Å². The standard InChI is InChI=1S/C20H29NO6S/c22-20(27-15(11-28(23,24)25)10-21-3-5-26-6-4-21)17-9-14-8-16(17)19-13-2-1-12(7-13)18(14)19/h1-2,12-19H,3-11H2,(H,23,24,25)/p-1. The van der Waals surface area contributed by atoms with E-state index in [-0.39, 0.29) is 18.4 Å². The Bertz CT molecular complexity index is 761. The maximum atomic E-state index is 13.0. The van der Waals surface area contributed by atoms with Crippen LogP contribution >= 0.6 is 0 Å². The smallest absolute Gasteiger partial charge is 0.309 e. The molecule has 0 spiro atoms. The van der Waals surface area contributed by atoms with Crippen LogP contribution in [0.2, 0.25) is 0 Å². The molecule has 3 saturated carbocycles. The van der Waals surface area contributed by atoms with Gasteiger partial charge in [0.15, 0.2) is 0 Å².